The van der Waals surface area contributed by atoms with E-state index in [1.807, 2.05) is 0 Å². The van der Waals surface area contributed by atoms with E-state index in [-0.39, 0.29) is 35.8 Å². The first-order chi connectivity index (χ1) is 9.35. The number of hydrogen-bond acceptors (Lipinski definition) is 4. The summed E-state index contributed by atoms with van der Waals surface area (Å²) in [5, 5.41) is 2.65. The number of carbonyl (C=O) groups is 2. The summed E-state index contributed by atoms with van der Waals surface area (Å²) >= 11 is 0. The van der Waals surface area contributed by atoms with E-state index in [1.54, 1.807) is 4.90 Å². The predicted molar refractivity (Wildman–Crippen MR) is 74.8 cm³/mol. The molecule has 7 heteroatoms. The number of amides is 2. The van der Waals surface area contributed by atoms with E-state index in [1.165, 1.54) is 0 Å². The molecule has 2 aliphatic heterocycles. The molecule has 1 N–H and O–H groups in total. The fourth-order valence-electron chi connectivity index (χ4n) is 2.85. The monoisotopic (exact) mass is 302 g/mol. The van der Waals surface area contributed by atoms with Gasteiger partial charge in [0.05, 0.1) is 11.5 Å². The van der Waals surface area contributed by atoms with E-state index in [2.05, 4.69) is 12.2 Å². The Balaban J connectivity index is 1.78. The van der Waals surface area contributed by atoms with Gasteiger partial charge in [0.15, 0.2) is 9.84 Å². The number of piperidine rings is 1. The fraction of sp³-hybridized carbons (Fsp3) is 0.846. The van der Waals surface area contributed by atoms with Crippen LogP contribution < -0.4 is 5.32 Å². The van der Waals surface area contributed by atoms with Gasteiger partial charge in [-0.05, 0) is 25.2 Å². The molecule has 6 nitrogen and oxygen atoms in total. The molecule has 0 spiro atoms. The second-order valence-electron chi connectivity index (χ2n) is 5.93. The molecular weight excluding hydrogens is 280 g/mol. The standard InChI is InChI=1S/C13H22N2O4S/c1-10-3-2-5-15(8-10)13(17)7-12(16)14-11-4-6-20(18,19)9-11/h10-11H,2-9H2,1H3,(H,14,16). The van der Waals surface area contributed by atoms with Crippen LogP contribution in [0.25, 0.3) is 0 Å². The molecule has 2 saturated heterocycles. The van der Waals surface area contributed by atoms with Crippen LogP contribution in [-0.4, -0.2) is 55.8 Å². The average Bonchev–Trinajstić information content (AvgIpc) is 2.68. The Hall–Kier alpha value is -1.11. The van der Waals surface area contributed by atoms with Crippen molar-refractivity contribution in [2.24, 2.45) is 5.92 Å². The number of nitrogens with one attached hydrogen (secondary N) is 1. The first-order valence-electron chi connectivity index (χ1n) is 7.13. The summed E-state index contributed by atoms with van der Waals surface area (Å²) in [6.45, 7) is 3.53. The second kappa shape index (κ2) is 6.11. The first-order valence-corrected chi connectivity index (χ1v) is 8.95. The van der Waals surface area contributed by atoms with Crippen molar-refractivity contribution in [1.82, 2.24) is 10.2 Å². The number of likely N-dealkylation sites (tertiary alicyclic amines) is 1. The minimum absolute atomic E-state index is 0.00627. The van der Waals surface area contributed by atoms with Crippen LogP contribution in [0.4, 0.5) is 0 Å². The third-order valence-electron chi connectivity index (χ3n) is 3.92. The highest BCUT2D eigenvalue weighted by molar-refractivity contribution is 7.91. The summed E-state index contributed by atoms with van der Waals surface area (Å²) in [5.41, 5.74) is 0. The van der Waals surface area contributed by atoms with E-state index in [0.717, 1.165) is 12.8 Å². The van der Waals surface area contributed by atoms with Gasteiger partial charge in [0.1, 0.15) is 6.42 Å². The largest absolute Gasteiger partial charge is 0.352 e. The van der Waals surface area contributed by atoms with Crippen molar-refractivity contribution in [2.75, 3.05) is 24.6 Å². The fourth-order valence-corrected chi connectivity index (χ4v) is 4.53. The van der Waals surface area contributed by atoms with Crippen LogP contribution in [0, 0.1) is 5.92 Å². The topological polar surface area (TPSA) is 83.6 Å². The lowest BCUT2D eigenvalue weighted by Crippen LogP contribution is -2.43. The highest BCUT2D eigenvalue weighted by Crippen LogP contribution is 2.16. The van der Waals surface area contributed by atoms with Crippen molar-refractivity contribution in [2.45, 2.75) is 38.6 Å². The molecule has 0 radical (unpaired) electrons. The van der Waals surface area contributed by atoms with Gasteiger partial charge in [-0.15, -0.1) is 0 Å². The Bertz CT molecular complexity index is 489. The van der Waals surface area contributed by atoms with E-state index in [9.17, 15) is 18.0 Å². The number of sulfone groups is 1. The van der Waals surface area contributed by atoms with Crippen LogP contribution in [0.5, 0.6) is 0 Å². The molecule has 114 valence electrons. The van der Waals surface area contributed by atoms with E-state index in [0.29, 0.717) is 25.4 Å². The predicted octanol–water partition coefficient (Wildman–Crippen LogP) is -0.0617. The van der Waals surface area contributed by atoms with Gasteiger partial charge in [-0.2, -0.15) is 0 Å². The molecule has 20 heavy (non-hydrogen) atoms. The summed E-state index contributed by atoms with van der Waals surface area (Å²) in [6, 6.07) is -0.333. The molecule has 2 fully saturated rings. The van der Waals surface area contributed by atoms with E-state index >= 15 is 0 Å². The zero-order valence-electron chi connectivity index (χ0n) is 11.8. The lowest BCUT2D eigenvalue weighted by Gasteiger charge is -2.30. The number of rotatable bonds is 3. The Kier molecular flexibility index (Phi) is 4.67. The molecule has 2 rings (SSSR count). The van der Waals surface area contributed by atoms with Crippen molar-refractivity contribution in [1.29, 1.82) is 0 Å². The van der Waals surface area contributed by atoms with E-state index in [4.69, 9.17) is 0 Å². The summed E-state index contributed by atoms with van der Waals surface area (Å²) in [7, 11) is -3.01. The molecule has 0 aromatic carbocycles. The maximum absolute atomic E-state index is 12.0. The van der Waals surface area contributed by atoms with Crippen LogP contribution >= 0.6 is 0 Å². The first kappa shape index (κ1) is 15.3. The maximum atomic E-state index is 12.0. The Labute approximate surface area is 119 Å². The summed E-state index contributed by atoms with van der Waals surface area (Å²) in [5.74, 6) is 0.0735. The number of carbonyl (C=O) groups excluding carboxylic acids is 2. The van der Waals surface area contributed by atoms with Crippen molar-refractivity contribution in [3.05, 3.63) is 0 Å². The minimum Gasteiger partial charge on any atom is -0.352 e. The molecule has 2 aliphatic rings. The van der Waals surface area contributed by atoms with Crippen LogP contribution in [0.1, 0.15) is 32.6 Å². The molecule has 0 saturated carbocycles. The van der Waals surface area contributed by atoms with Gasteiger partial charge in [0.25, 0.3) is 0 Å². The third-order valence-corrected chi connectivity index (χ3v) is 5.69. The quantitative estimate of drug-likeness (QED) is 0.740. The van der Waals surface area contributed by atoms with E-state index < -0.39 is 9.84 Å². The van der Waals surface area contributed by atoms with Gasteiger partial charge in [0.2, 0.25) is 11.8 Å². The number of hydrogen-bond donors (Lipinski definition) is 1. The Morgan fingerprint density at radius 3 is 2.65 bits per heavy atom. The lowest BCUT2D eigenvalue weighted by molar-refractivity contribution is -0.137. The highest BCUT2D eigenvalue weighted by Gasteiger charge is 2.30. The molecule has 0 aromatic heterocycles. The van der Waals surface area contributed by atoms with Crippen molar-refractivity contribution >= 4 is 21.7 Å². The van der Waals surface area contributed by atoms with Crippen LogP contribution in [0.2, 0.25) is 0 Å². The van der Waals surface area contributed by atoms with Gasteiger partial charge < -0.3 is 10.2 Å². The van der Waals surface area contributed by atoms with Gasteiger partial charge in [-0.3, -0.25) is 9.59 Å². The smallest absolute Gasteiger partial charge is 0.232 e. The Morgan fingerprint density at radius 2 is 2.05 bits per heavy atom. The SMILES string of the molecule is CC1CCCN(C(=O)CC(=O)NC2CCS(=O)(=O)C2)C1. The molecule has 0 bridgehead atoms. The molecule has 2 heterocycles. The van der Waals surface area contributed by atoms with Crippen LogP contribution in [0.3, 0.4) is 0 Å². The normalized spacial score (nSPS) is 29.1. The summed E-state index contributed by atoms with van der Waals surface area (Å²) in [4.78, 5) is 25.5. The minimum atomic E-state index is -3.01. The van der Waals surface area contributed by atoms with Crippen molar-refractivity contribution in [3.63, 3.8) is 0 Å². The van der Waals surface area contributed by atoms with Gasteiger partial charge in [0, 0.05) is 19.1 Å². The lowest BCUT2D eigenvalue weighted by atomic mass is 10.00. The summed E-state index contributed by atoms with van der Waals surface area (Å²) in [6.07, 6.45) is 2.37. The number of nitrogens with zero attached hydrogens (tertiary/aromatic N) is 1. The average molecular weight is 302 g/mol. The molecule has 0 aromatic rings. The van der Waals surface area contributed by atoms with Crippen molar-refractivity contribution in [3.8, 4) is 0 Å². The maximum Gasteiger partial charge on any atom is 0.232 e. The highest BCUT2D eigenvalue weighted by atomic mass is 32.2. The molecule has 2 amide bonds. The summed E-state index contributed by atoms with van der Waals surface area (Å²) < 4.78 is 22.6. The second-order valence-corrected chi connectivity index (χ2v) is 8.16. The molecule has 2 unspecified atom stereocenters. The zero-order chi connectivity index (χ0) is 14.8. The van der Waals surface area contributed by atoms with Gasteiger partial charge >= 0.3 is 0 Å². The van der Waals surface area contributed by atoms with Crippen LogP contribution in [0.15, 0.2) is 0 Å². The van der Waals surface area contributed by atoms with Gasteiger partial charge in [-0.25, -0.2) is 8.42 Å². The van der Waals surface area contributed by atoms with Crippen molar-refractivity contribution < 1.29 is 18.0 Å². The molecular formula is C13H22N2O4S. The van der Waals surface area contributed by atoms with Crippen LogP contribution in [-0.2, 0) is 19.4 Å². The third kappa shape index (κ3) is 4.19. The Morgan fingerprint density at radius 1 is 1.30 bits per heavy atom. The zero-order valence-corrected chi connectivity index (χ0v) is 12.6. The molecule has 0 aliphatic carbocycles. The van der Waals surface area contributed by atoms with Gasteiger partial charge in [-0.1, -0.05) is 6.92 Å². The molecule has 2 atom stereocenters.